The second-order valence-corrected chi connectivity index (χ2v) is 3.77. The largest absolute Gasteiger partial charge is 0.383 e. The van der Waals surface area contributed by atoms with Crippen molar-refractivity contribution in [3.63, 3.8) is 0 Å². The molecule has 0 fully saturated rings. The molecule has 4 heteroatoms. The number of halogens is 1. The van der Waals surface area contributed by atoms with E-state index in [9.17, 15) is 0 Å². The van der Waals surface area contributed by atoms with Crippen molar-refractivity contribution in [1.29, 1.82) is 5.26 Å². The number of alkyl halides is 1. The predicted octanol–water partition coefficient (Wildman–Crippen LogP) is 1.72. The Balaban J connectivity index is 3.78. The van der Waals surface area contributed by atoms with Crippen LogP contribution >= 0.6 is 11.6 Å². The average molecular weight is 219 g/mol. The van der Waals surface area contributed by atoms with E-state index in [4.69, 9.17) is 21.6 Å². The molecule has 1 atom stereocenters. The summed E-state index contributed by atoms with van der Waals surface area (Å²) in [5.41, 5.74) is 0. The SMILES string of the molecule is COCCN(CCC#N)CC(C)CCl. The van der Waals surface area contributed by atoms with E-state index in [1.165, 1.54) is 0 Å². The molecule has 3 nitrogen and oxygen atoms in total. The molecule has 82 valence electrons. The highest BCUT2D eigenvalue weighted by molar-refractivity contribution is 6.18. The van der Waals surface area contributed by atoms with E-state index in [0.29, 0.717) is 24.8 Å². The molecular formula is C10H19ClN2O. The fourth-order valence-electron chi connectivity index (χ4n) is 1.21. The second kappa shape index (κ2) is 9.26. The number of methoxy groups -OCH3 is 1. The molecule has 1 unspecified atom stereocenters. The van der Waals surface area contributed by atoms with Crippen LogP contribution in [0.25, 0.3) is 0 Å². The van der Waals surface area contributed by atoms with Crippen LogP contribution in [0.15, 0.2) is 0 Å². The van der Waals surface area contributed by atoms with Gasteiger partial charge in [0.05, 0.1) is 12.7 Å². The van der Waals surface area contributed by atoms with Gasteiger partial charge in [-0.1, -0.05) is 6.92 Å². The molecule has 0 heterocycles. The maximum absolute atomic E-state index is 8.50. The van der Waals surface area contributed by atoms with Crippen LogP contribution in [0.2, 0.25) is 0 Å². The van der Waals surface area contributed by atoms with Crippen LogP contribution in [-0.2, 0) is 4.74 Å². The van der Waals surface area contributed by atoms with Gasteiger partial charge in [0, 0.05) is 39.0 Å². The zero-order chi connectivity index (χ0) is 10.8. The van der Waals surface area contributed by atoms with Crippen molar-refractivity contribution in [1.82, 2.24) is 4.90 Å². The van der Waals surface area contributed by atoms with Crippen molar-refractivity contribution in [2.24, 2.45) is 5.92 Å². The standard InChI is InChI=1S/C10H19ClN2O/c1-10(8-11)9-13(5-3-4-12)6-7-14-2/h10H,3,5-9H2,1-2H3. The Morgan fingerprint density at radius 2 is 2.21 bits per heavy atom. The van der Waals surface area contributed by atoms with Crippen molar-refractivity contribution in [2.45, 2.75) is 13.3 Å². The molecule has 0 bridgehead atoms. The Kier molecular flexibility index (Phi) is 9.06. The zero-order valence-corrected chi connectivity index (χ0v) is 9.76. The molecular weight excluding hydrogens is 200 g/mol. The smallest absolute Gasteiger partial charge is 0.0635 e. The maximum Gasteiger partial charge on any atom is 0.0635 e. The third kappa shape index (κ3) is 7.14. The molecule has 14 heavy (non-hydrogen) atoms. The van der Waals surface area contributed by atoms with Gasteiger partial charge >= 0.3 is 0 Å². The third-order valence-corrected chi connectivity index (χ3v) is 2.51. The Bertz CT molecular complexity index is 170. The van der Waals surface area contributed by atoms with Crippen molar-refractivity contribution >= 4 is 11.6 Å². The number of rotatable bonds is 8. The summed E-state index contributed by atoms with van der Waals surface area (Å²) in [5, 5.41) is 8.50. The van der Waals surface area contributed by atoms with Gasteiger partial charge in [0.15, 0.2) is 0 Å². The number of hydrogen-bond donors (Lipinski definition) is 0. The summed E-state index contributed by atoms with van der Waals surface area (Å²) in [6.45, 7) is 5.44. The minimum Gasteiger partial charge on any atom is -0.383 e. The van der Waals surface area contributed by atoms with Crippen molar-refractivity contribution in [2.75, 3.05) is 39.2 Å². The fraction of sp³-hybridized carbons (Fsp3) is 0.900. The van der Waals surface area contributed by atoms with Gasteiger partial charge in [-0.2, -0.15) is 5.26 Å². The predicted molar refractivity (Wildman–Crippen MR) is 58.4 cm³/mol. The Morgan fingerprint density at radius 1 is 1.50 bits per heavy atom. The second-order valence-electron chi connectivity index (χ2n) is 3.46. The van der Waals surface area contributed by atoms with E-state index < -0.39 is 0 Å². The molecule has 0 radical (unpaired) electrons. The lowest BCUT2D eigenvalue weighted by Crippen LogP contribution is -2.33. The molecule has 0 N–H and O–H groups in total. The lowest BCUT2D eigenvalue weighted by atomic mass is 10.2. The summed E-state index contributed by atoms with van der Waals surface area (Å²) in [5.74, 6) is 1.13. The van der Waals surface area contributed by atoms with Crippen LogP contribution in [0.5, 0.6) is 0 Å². The quantitative estimate of drug-likeness (QED) is 0.583. The number of ether oxygens (including phenoxy) is 1. The first-order chi connectivity index (χ1) is 6.74. The van der Waals surface area contributed by atoms with Crippen LogP contribution in [0.3, 0.4) is 0 Å². The van der Waals surface area contributed by atoms with Crippen LogP contribution in [0.4, 0.5) is 0 Å². The molecule has 0 saturated carbocycles. The molecule has 0 aliphatic carbocycles. The first kappa shape index (κ1) is 13.7. The lowest BCUT2D eigenvalue weighted by molar-refractivity contribution is 0.142. The third-order valence-electron chi connectivity index (χ3n) is 1.98. The first-order valence-corrected chi connectivity index (χ1v) is 5.42. The number of hydrogen-bond acceptors (Lipinski definition) is 3. The molecule has 0 aliphatic heterocycles. The van der Waals surface area contributed by atoms with Gasteiger partial charge in [0.25, 0.3) is 0 Å². The van der Waals surface area contributed by atoms with Crippen molar-refractivity contribution in [3.05, 3.63) is 0 Å². The molecule has 0 aliphatic rings. The molecule has 0 amide bonds. The normalized spacial score (nSPS) is 12.8. The van der Waals surface area contributed by atoms with Gasteiger partial charge in [-0.15, -0.1) is 11.6 Å². The monoisotopic (exact) mass is 218 g/mol. The fourth-order valence-corrected chi connectivity index (χ4v) is 1.31. The Hall–Kier alpha value is -0.300. The maximum atomic E-state index is 8.50. The minimum absolute atomic E-state index is 0.465. The average Bonchev–Trinajstić information content (AvgIpc) is 2.21. The van der Waals surface area contributed by atoms with E-state index in [0.717, 1.165) is 19.6 Å². The van der Waals surface area contributed by atoms with E-state index in [2.05, 4.69) is 17.9 Å². The lowest BCUT2D eigenvalue weighted by Gasteiger charge is -2.23. The van der Waals surface area contributed by atoms with E-state index in [-0.39, 0.29) is 0 Å². The van der Waals surface area contributed by atoms with Crippen molar-refractivity contribution in [3.8, 4) is 6.07 Å². The number of nitrogens with zero attached hydrogens (tertiary/aromatic N) is 2. The Labute approximate surface area is 91.6 Å². The highest BCUT2D eigenvalue weighted by atomic mass is 35.5. The number of nitriles is 1. The molecule has 0 spiro atoms. The molecule has 0 aromatic carbocycles. The summed E-state index contributed by atoms with van der Waals surface area (Å²) in [6, 6.07) is 2.15. The van der Waals surface area contributed by atoms with Gasteiger partial charge in [0.1, 0.15) is 0 Å². The van der Waals surface area contributed by atoms with E-state index in [1.54, 1.807) is 7.11 Å². The summed E-state index contributed by atoms with van der Waals surface area (Å²) >= 11 is 5.74. The van der Waals surface area contributed by atoms with Gasteiger partial charge < -0.3 is 4.74 Å². The molecule has 0 rings (SSSR count). The summed E-state index contributed by atoms with van der Waals surface area (Å²) < 4.78 is 5.01. The summed E-state index contributed by atoms with van der Waals surface area (Å²) in [6.07, 6.45) is 0.568. The van der Waals surface area contributed by atoms with Gasteiger partial charge in [0.2, 0.25) is 0 Å². The van der Waals surface area contributed by atoms with Gasteiger partial charge in [-0.25, -0.2) is 0 Å². The van der Waals surface area contributed by atoms with Crippen LogP contribution in [0, 0.1) is 17.2 Å². The highest BCUT2D eigenvalue weighted by Crippen LogP contribution is 2.02. The molecule has 0 saturated heterocycles. The van der Waals surface area contributed by atoms with Crippen molar-refractivity contribution < 1.29 is 4.74 Å². The van der Waals surface area contributed by atoms with Crippen LogP contribution in [-0.4, -0.2) is 44.1 Å². The Morgan fingerprint density at radius 3 is 2.71 bits per heavy atom. The van der Waals surface area contributed by atoms with E-state index >= 15 is 0 Å². The minimum atomic E-state index is 0.465. The highest BCUT2D eigenvalue weighted by Gasteiger charge is 2.08. The molecule has 0 aromatic heterocycles. The molecule has 0 aromatic rings. The van der Waals surface area contributed by atoms with Crippen LogP contribution in [0.1, 0.15) is 13.3 Å². The summed E-state index contributed by atoms with van der Waals surface area (Å²) in [4.78, 5) is 2.22. The topological polar surface area (TPSA) is 36.3 Å². The van der Waals surface area contributed by atoms with Crippen LogP contribution < -0.4 is 0 Å². The van der Waals surface area contributed by atoms with Gasteiger partial charge in [-0.05, 0) is 5.92 Å². The summed E-state index contributed by atoms with van der Waals surface area (Å²) in [7, 11) is 1.69. The zero-order valence-electron chi connectivity index (χ0n) is 9.00. The van der Waals surface area contributed by atoms with Gasteiger partial charge in [-0.3, -0.25) is 4.90 Å². The first-order valence-electron chi connectivity index (χ1n) is 4.88. The van der Waals surface area contributed by atoms with E-state index in [1.807, 2.05) is 0 Å².